The zero-order valence-corrected chi connectivity index (χ0v) is 15.4. The normalized spacial score (nSPS) is 18.9. The molecular weight excluding hydrogens is 356 g/mol. The van der Waals surface area contributed by atoms with Gasteiger partial charge in [-0.3, -0.25) is 9.59 Å². The molecule has 4 nitrogen and oxygen atoms in total. The molecule has 2 amide bonds. The summed E-state index contributed by atoms with van der Waals surface area (Å²) in [6.45, 7) is 2.37. The lowest BCUT2D eigenvalue weighted by atomic mass is 9.94. The van der Waals surface area contributed by atoms with Gasteiger partial charge in [0, 0.05) is 36.6 Å². The van der Waals surface area contributed by atoms with Gasteiger partial charge >= 0.3 is 0 Å². The maximum absolute atomic E-state index is 13.1. The minimum atomic E-state index is -0.398. The fourth-order valence-corrected chi connectivity index (χ4v) is 4.34. The van der Waals surface area contributed by atoms with Crippen molar-refractivity contribution in [3.05, 3.63) is 57.2 Å². The summed E-state index contributed by atoms with van der Waals surface area (Å²) in [5.41, 5.74) is 1.36. The molecule has 25 heavy (non-hydrogen) atoms. The monoisotopic (exact) mass is 374 g/mol. The van der Waals surface area contributed by atoms with E-state index in [0.717, 1.165) is 24.0 Å². The Labute approximate surface area is 156 Å². The van der Waals surface area contributed by atoms with E-state index in [0.29, 0.717) is 31.2 Å². The van der Waals surface area contributed by atoms with E-state index in [1.165, 1.54) is 11.3 Å². The van der Waals surface area contributed by atoms with Crippen LogP contribution in [-0.2, 0) is 10.2 Å². The van der Waals surface area contributed by atoms with Crippen molar-refractivity contribution >= 4 is 34.8 Å². The van der Waals surface area contributed by atoms with Crippen LogP contribution in [0, 0.1) is 0 Å². The second-order valence-corrected chi connectivity index (χ2v) is 7.91. The zero-order chi connectivity index (χ0) is 17.4. The van der Waals surface area contributed by atoms with Crippen molar-refractivity contribution in [2.75, 3.05) is 26.2 Å². The van der Waals surface area contributed by atoms with E-state index in [-0.39, 0.29) is 11.8 Å². The third kappa shape index (κ3) is 3.07. The van der Waals surface area contributed by atoms with Gasteiger partial charge in [-0.15, -0.1) is 0 Å². The summed E-state index contributed by atoms with van der Waals surface area (Å²) in [5.74, 6) is 0.238. The van der Waals surface area contributed by atoms with Crippen LogP contribution in [-0.4, -0.2) is 47.8 Å². The predicted molar refractivity (Wildman–Crippen MR) is 99.2 cm³/mol. The summed E-state index contributed by atoms with van der Waals surface area (Å²) in [5, 5.41) is 4.45. The van der Waals surface area contributed by atoms with Crippen LogP contribution in [0.2, 0.25) is 5.02 Å². The van der Waals surface area contributed by atoms with Gasteiger partial charge in [0.25, 0.3) is 5.91 Å². The second kappa shape index (κ2) is 6.46. The van der Waals surface area contributed by atoms with Gasteiger partial charge in [0.15, 0.2) is 0 Å². The molecule has 2 heterocycles. The molecule has 2 aromatic rings. The van der Waals surface area contributed by atoms with E-state index in [4.69, 9.17) is 11.6 Å². The van der Waals surface area contributed by atoms with Crippen molar-refractivity contribution < 1.29 is 9.59 Å². The molecule has 0 N–H and O–H groups in total. The number of amides is 2. The number of rotatable bonds is 3. The number of carbonyl (C=O) groups is 2. The van der Waals surface area contributed by atoms with Crippen molar-refractivity contribution in [3.8, 4) is 0 Å². The van der Waals surface area contributed by atoms with Gasteiger partial charge in [0.2, 0.25) is 5.91 Å². The standard InChI is InChI=1S/C19H19ClN2O2S/c20-16-3-1-2-15(12-16)19(5-6-19)18(24)22-9-7-21(8-10-22)17(23)14-4-11-25-13-14/h1-4,11-13H,5-10H2. The van der Waals surface area contributed by atoms with Crippen LogP contribution in [0.3, 0.4) is 0 Å². The molecule has 1 aliphatic carbocycles. The highest BCUT2D eigenvalue weighted by molar-refractivity contribution is 7.08. The van der Waals surface area contributed by atoms with Crippen molar-refractivity contribution in [1.29, 1.82) is 0 Å². The minimum Gasteiger partial charge on any atom is -0.338 e. The van der Waals surface area contributed by atoms with Gasteiger partial charge < -0.3 is 9.80 Å². The second-order valence-electron chi connectivity index (χ2n) is 6.69. The molecule has 1 aromatic carbocycles. The average molecular weight is 375 g/mol. The maximum atomic E-state index is 13.1. The van der Waals surface area contributed by atoms with Gasteiger partial charge in [-0.05, 0) is 42.0 Å². The number of nitrogens with zero attached hydrogens (tertiary/aromatic N) is 2. The highest BCUT2D eigenvalue weighted by atomic mass is 35.5. The summed E-state index contributed by atoms with van der Waals surface area (Å²) in [6.07, 6.45) is 1.75. The fourth-order valence-electron chi connectivity index (χ4n) is 3.52. The number of hydrogen-bond acceptors (Lipinski definition) is 3. The summed E-state index contributed by atoms with van der Waals surface area (Å²) < 4.78 is 0. The lowest BCUT2D eigenvalue weighted by Gasteiger charge is -2.36. The molecule has 1 saturated heterocycles. The SMILES string of the molecule is O=C(c1ccsc1)N1CCN(C(=O)C2(c3cccc(Cl)c3)CC2)CC1. The van der Waals surface area contributed by atoms with Crippen molar-refractivity contribution in [2.24, 2.45) is 0 Å². The Hall–Kier alpha value is -1.85. The lowest BCUT2D eigenvalue weighted by Crippen LogP contribution is -2.52. The zero-order valence-electron chi connectivity index (χ0n) is 13.8. The third-order valence-electron chi connectivity index (χ3n) is 5.16. The van der Waals surface area contributed by atoms with Crippen molar-refractivity contribution in [2.45, 2.75) is 18.3 Å². The van der Waals surface area contributed by atoms with Crippen LogP contribution in [0.4, 0.5) is 0 Å². The van der Waals surface area contributed by atoms with Crippen molar-refractivity contribution in [3.63, 3.8) is 0 Å². The molecule has 0 unspecified atom stereocenters. The molecule has 0 atom stereocenters. The minimum absolute atomic E-state index is 0.0596. The first-order valence-corrected chi connectivity index (χ1v) is 9.79. The van der Waals surface area contributed by atoms with E-state index in [1.807, 2.05) is 50.9 Å². The van der Waals surface area contributed by atoms with E-state index < -0.39 is 5.41 Å². The Kier molecular flexibility index (Phi) is 4.29. The van der Waals surface area contributed by atoms with Crippen LogP contribution < -0.4 is 0 Å². The molecule has 0 bridgehead atoms. The summed E-state index contributed by atoms with van der Waals surface area (Å²) in [6, 6.07) is 9.49. The van der Waals surface area contributed by atoms with Gasteiger partial charge in [-0.25, -0.2) is 0 Å². The number of thiophene rings is 1. The molecule has 1 aliphatic heterocycles. The molecule has 0 radical (unpaired) electrons. The first-order chi connectivity index (χ1) is 12.1. The Morgan fingerprint density at radius 2 is 1.76 bits per heavy atom. The Morgan fingerprint density at radius 3 is 2.36 bits per heavy atom. The topological polar surface area (TPSA) is 40.6 Å². The van der Waals surface area contributed by atoms with Gasteiger partial charge in [0.05, 0.1) is 11.0 Å². The predicted octanol–water partition coefficient (Wildman–Crippen LogP) is 3.42. The van der Waals surface area contributed by atoms with Crippen LogP contribution >= 0.6 is 22.9 Å². The van der Waals surface area contributed by atoms with E-state index in [2.05, 4.69) is 0 Å². The number of carbonyl (C=O) groups excluding carboxylic acids is 2. The quantitative estimate of drug-likeness (QED) is 0.826. The van der Waals surface area contributed by atoms with Crippen LogP contribution in [0.5, 0.6) is 0 Å². The largest absolute Gasteiger partial charge is 0.338 e. The highest BCUT2D eigenvalue weighted by Crippen LogP contribution is 2.50. The molecule has 0 spiro atoms. The molecule has 2 fully saturated rings. The van der Waals surface area contributed by atoms with E-state index in [1.54, 1.807) is 0 Å². The maximum Gasteiger partial charge on any atom is 0.254 e. The average Bonchev–Trinajstić information content (AvgIpc) is 3.27. The van der Waals surface area contributed by atoms with E-state index >= 15 is 0 Å². The molecule has 130 valence electrons. The highest BCUT2D eigenvalue weighted by Gasteiger charge is 2.53. The van der Waals surface area contributed by atoms with Crippen LogP contribution in [0.15, 0.2) is 41.1 Å². The first kappa shape index (κ1) is 16.6. The molecule has 1 aromatic heterocycles. The molecule has 4 rings (SSSR count). The van der Waals surface area contributed by atoms with Gasteiger partial charge in [-0.1, -0.05) is 23.7 Å². The third-order valence-corrected chi connectivity index (χ3v) is 6.08. The van der Waals surface area contributed by atoms with Crippen LogP contribution in [0.25, 0.3) is 0 Å². The molecule has 1 saturated carbocycles. The molecular formula is C19H19ClN2O2S. The Balaban J connectivity index is 1.42. The Bertz CT molecular complexity index is 794. The first-order valence-electron chi connectivity index (χ1n) is 8.47. The van der Waals surface area contributed by atoms with Gasteiger partial charge in [0.1, 0.15) is 0 Å². The Morgan fingerprint density at radius 1 is 1.04 bits per heavy atom. The summed E-state index contributed by atoms with van der Waals surface area (Å²) in [4.78, 5) is 29.2. The number of benzene rings is 1. The molecule has 6 heteroatoms. The van der Waals surface area contributed by atoms with Crippen molar-refractivity contribution in [1.82, 2.24) is 9.80 Å². The number of hydrogen-bond donors (Lipinski definition) is 0. The summed E-state index contributed by atoms with van der Waals surface area (Å²) >= 11 is 7.63. The molecule has 2 aliphatic rings. The number of piperazine rings is 1. The van der Waals surface area contributed by atoms with E-state index in [9.17, 15) is 9.59 Å². The van der Waals surface area contributed by atoms with Crippen LogP contribution in [0.1, 0.15) is 28.8 Å². The van der Waals surface area contributed by atoms with Gasteiger partial charge in [-0.2, -0.15) is 11.3 Å². The smallest absolute Gasteiger partial charge is 0.254 e. The number of halogens is 1. The lowest BCUT2D eigenvalue weighted by molar-refractivity contribution is -0.135. The fraction of sp³-hybridized carbons (Fsp3) is 0.368. The summed E-state index contributed by atoms with van der Waals surface area (Å²) in [7, 11) is 0.